The molecule has 1 aliphatic rings. The number of anilines is 1. The van der Waals surface area contributed by atoms with Crippen molar-refractivity contribution in [1.29, 1.82) is 0 Å². The zero-order chi connectivity index (χ0) is 15.6. The molecule has 0 radical (unpaired) electrons. The van der Waals surface area contributed by atoms with E-state index in [4.69, 9.17) is 5.11 Å². The van der Waals surface area contributed by atoms with Crippen LogP contribution >= 0.6 is 0 Å². The number of halogens is 1. The fourth-order valence-electron chi connectivity index (χ4n) is 1.98. The lowest BCUT2D eigenvalue weighted by Gasteiger charge is -2.32. The quantitative estimate of drug-likeness (QED) is 0.742. The summed E-state index contributed by atoms with van der Waals surface area (Å²) in [6, 6.07) is 2.21. The number of aliphatic carboxylic acids is 1. The van der Waals surface area contributed by atoms with Gasteiger partial charge >= 0.3 is 12.0 Å². The van der Waals surface area contributed by atoms with Gasteiger partial charge in [-0.1, -0.05) is 6.07 Å². The Morgan fingerprint density at radius 3 is 2.81 bits per heavy atom. The standard InChI is InChI=1S/C13H14FN3O4/c1-7-2-3-9(8(14)4-7)16-13(21)17-6-11(18)15-5-10(17)12(19)20/h2-4,10H,5-6H2,1H3,(H,15,18)(H,16,21)(H,19,20). The molecule has 7 nitrogen and oxygen atoms in total. The number of carboxylic acid groups (broad SMARTS) is 1. The first kappa shape index (κ1) is 14.8. The molecule has 0 aromatic heterocycles. The lowest BCUT2D eigenvalue weighted by molar-refractivity contribution is -0.144. The smallest absolute Gasteiger partial charge is 0.328 e. The van der Waals surface area contributed by atoms with Gasteiger partial charge in [0.1, 0.15) is 18.4 Å². The van der Waals surface area contributed by atoms with Gasteiger partial charge in [0.15, 0.2) is 0 Å². The number of amides is 3. The maximum atomic E-state index is 13.7. The van der Waals surface area contributed by atoms with Crippen molar-refractivity contribution < 1.29 is 23.9 Å². The van der Waals surface area contributed by atoms with E-state index in [1.54, 1.807) is 13.0 Å². The summed E-state index contributed by atoms with van der Waals surface area (Å²) in [4.78, 5) is 35.3. The Labute approximate surface area is 119 Å². The maximum absolute atomic E-state index is 13.7. The summed E-state index contributed by atoms with van der Waals surface area (Å²) in [5.74, 6) is -2.33. The van der Waals surface area contributed by atoms with Gasteiger partial charge in [-0.3, -0.25) is 9.69 Å². The highest BCUT2D eigenvalue weighted by Crippen LogP contribution is 2.17. The number of hydrogen-bond donors (Lipinski definition) is 3. The number of rotatable bonds is 2. The monoisotopic (exact) mass is 295 g/mol. The third kappa shape index (κ3) is 3.28. The van der Waals surface area contributed by atoms with Gasteiger partial charge in [-0.15, -0.1) is 0 Å². The molecule has 0 bridgehead atoms. The molecule has 112 valence electrons. The number of aryl methyl sites for hydroxylation is 1. The molecule has 0 saturated carbocycles. The van der Waals surface area contributed by atoms with Crippen LogP contribution in [0.5, 0.6) is 0 Å². The van der Waals surface area contributed by atoms with E-state index in [9.17, 15) is 18.8 Å². The van der Waals surface area contributed by atoms with Crippen molar-refractivity contribution in [3.63, 3.8) is 0 Å². The van der Waals surface area contributed by atoms with E-state index in [-0.39, 0.29) is 12.2 Å². The zero-order valence-electron chi connectivity index (χ0n) is 11.2. The minimum Gasteiger partial charge on any atom is -0.480 e. The first-order valence-electron chi connectivity index (χ1n) is 6.22. The van der Waals surface area contributed by atoms with E-state index in [0.29, 0.717) is 5.56 Å². The predicted octanol–water partition coefficient (Wildman–Crippen LogP) is 0.551. The van der Waals surface area contributed by atoms with E-state index in [2.05, 4.69) is 10.6 Å². The molecule has 1 fully saturated rings. The number of nitrogens with one attached hydrogen (secondary N) is 2. The highest BCUT2D eigenvalue weighted by molar-refractivity contribution is 5.96. The molecule has 1 heterocycles. The Morgan fingerprint density at radius 2 is 2.19 bits per heavy atom. The minimum absolute atomic E-state index is 0.0688. The van der Waals surface area contributed by atoms with E-state index < -0.39 is 36.3 Å². The van der Waals surface area contributed by atoms with E-state index in [0.717, 1.165) is 4.90 Å². The Bertz CT molecular complexity index is 605. The van der Waals surface area contributed by atoms with Crippen LogP contribution in [-0.2, 0) is 9.59 Å². The lowest BCUT2D eigenvalue weighted by atomic mass is 10.2. The zero-order valence-corrected chi connectivity index (χ0v) is 11.2. The first-order chi connectivity index (χ1) is 9.88. The van der Waals surface area contributed by atoms with Gasteiger partial charge in [0.05, 0.1) is 5.69 Å². The van der Waals surface area contributed by atoms with Crippen LogP contribution in [0.4, 0.5) is 14.9 Å². The van der Waals surface area contributed by atoms with Gasteiger partial charge in [-0.05, 0) is 24.6 Å². The average Bonchev–Trinajstić information content (AvgIpc) is 2.41. The SMILES string of the molecule is Cc1ccc(NC(=O)N2CC(=O)NCC2C(=O)O)c(F)c1. The number of nitrogens with zero attached hydrogens (tertiary/aromatic N) is 1. The molecule has 1 saturated heterocycles. The predicted molar refractivity (Wildman–Crippen MR) is 71.3 cm³/mol. The summed E-state index contributed by atoms with van der Waals surface area (Å²) < 4.78 is 13.7. The van der Waals surface area contributed by atoms with Crippen molar-refractivity contribution in [2.75, 3.05) is 18.4 Å². The topological polar surface area (TPSA) is 98.7 Å². The molecule has 8 heteroatoms. The molecule has 0 spiro atoms. The average molecular weight is 295 g/mol. The van der Waals surface area contributed by atoms with Crippen LogP contribution in [0.2, 0.25) is 0 Å². The van der Waals surface area contributed by atoms with Crippen molar-refractivity contribution in [1.82, 2.24) is 10.2 Å². The summed E-state index contributed by atoms with van der Waals surface area (Å²) in [6.07, 6.45) is 0. The highest BCUT2D eigenvalue weighted by atomic mass is 19.1. The van der Waals surface area contributed by atoms with Crippen molar-refractivity contribution in [3.05, 3.63) is 29.6 Å². The molecule has 1 aromatic carbocycles. The van der Waals surface area contributed by atoms with Crippen LogP contribution in [0.25, 0.3) is 0 Å². The van der Waals surface area contributed by atoms with Crippen LogP contribution in [0.15, 0.2) is 18.2 Å². The third-order valence-corrected chi connectivity index (χ3v) is 3.09. The highest BCUT2D eigenvalue weighted by Gasteiger charge is 2.35. The molecule has 0 aliphatic carbocycles. The minimum atomic E-state index is -1.24. The second-order valence-corrected chi connectivity index (χ2v) is 4.70. The van der Waals surface area contributed by atoms with Crippen LogP contribution in [0.3, 0.4) is 0 Å². The number of piperazine rings is 1. The largest absolute Gasteiger partial charge is 0.480 e. The molecule has 21 heavy (non-hydrogen) atoms. The van der Waals surface area contributed by atoms with Gasteiger partial charge in [0.2, 0.25) is 5.91 Å². The van der Waals surface area contributed by atoms with E-state index in [1.807, 2.05) is 0 Å². The number of carbonyl (C=O) groups excluding carboxylic acids is 2. The third-order valence-electron chi connectivity index (χ3n) is 3.09. The van der Waals surface area contributed by atoms with Crippen molar-refractivity contribution in [3.8, 4) is 0 Å². The van der Waals surface area contributed by atoms with Gasteiger partial charge in [0.25, 0.3) is 0 Å². The van der Waals surface area contributed by atoms with E-state index >= 15 is 0 Å². The normalized spacial score (nSPS) is 18.1. The van der Waals surface area contributed by atoms with Crippen LogP contribution in [0, 0.1) is 12.7 Å². The summed E-state index contributed by atoms with van der Waals surface area (Å²) in [7, 11) is 0. The van der Waals surface area contributed by atoms with E-state index in [1.165, 1.54) is 12.1 Å². The van der Waals surface area contributed by atoms with Crippen molar-refractivity contribution >= 4 is 23.6 Å². The molecule has 1 aromatic rings. The molecule has 1 atom stereocenters. The lowest BCUT2D eigenvalue weighted by Crippen LogP contribution is -2.60. The molecule has 3 amide bonds. The summed E-state index contributed by atoms with van der Waals surface area (Å²) in [5, 5.41) is 13.7. The van der Waals surface area contributed by atoms with Crippen LogP contribution in [0.1, 0.15) is 5.56 Å². The number of carbonyl (C=O) groups is 3. The van der Waals surface area contributed by atoms with Gasteiger partial charge in [-0.2, -0.15) is 0 Å². The molecular weight excluding hydrogens is 281 g/mol. The second kappa shape index (κ2) is 5.78. The van der Waals surface area contributed by atoms with Crippen molar-refractivity contribution in [2.24, 2.45) is 0 Å². The Balaban J connectivity index is 2.17. The van der Waals surface area contributed by atoms with Gasteiger partial charge in [-0.25, -0.2) is 14.0 Å². The Kier molecular flexibility index (Phi) is 4.06. The number of urea groups is 1. The second-order valence-electron chi connectivity index (χ2n) is 4.70. The molecule has 1 aliphatic heterocycles. The molecular formula is C13H14FN3O4. The molecule has 3 N–H and O–H groups in total. The number of benzene rings is 1. The first-order valence-corrected chi connectivity index (χ1v) is 6.22. The van der Waals surface area contributed by atoms with Crippen LogP contribution < -0.4 is 10.6 Å². The molecule has 1 unspecified atom stereocenters. The fourth-order valence-corrected chi connectivity index (χ4v) is 1.98. The Hall–Kier alpha value is -2.64. The Morgan fingerprint density at radius 1 is 1.48 bits per heavy atom. The summed E-state index contributed by atoms with van der Waals surface area (Å²) in [5.41, 5.74) is 0.618. The number of carboxylic acids is 1. The van der Waals surface area contributed by atoms with Crippen LogP contribution in [-0.4, -0.2) is 47.0 Å². The molecule has 2 rings (SSSR count). The van der Waals surface area contributed by atoms with Crippen molar-refractivity contribution in [2.45, 2.75) is 13.0 Å². The van der Waals surface area contributed by atoms with Gasteiger partial charge in [0, 0.05) is 6.54 Å². The number of hydrogen-bond acceptors (Lipinski definition) is 3. The van der Waals surface area contributed by atoms with Gasteiger partial charge < -0.3 is 15.7 Å². The summed E-state index contributed by atoms with van der Waals surface area (Å²) in [6.45, 7) is 1.12. The maximum Gasteiger partial charge on any atom is 0.328 e. The summed E-state index contributed by atoms with van der Waals surface area (Å²) >= 11 is 0. The fraction of sp³-hybridized carbons (Fsp3) is 0.308.